The average Bonchev–Trinajstić information content (AvgIpc) is 3.79. The van der Waals surface area contributed by atoms with Crippen LogP contribution in [-0.2, 0) is 6.42 Å². The second-order valence-electron chi connectivity index (χ2n) is 13.5. The summed E-state index contributed by atoms with van der Waals surface area (Å²) in [5.74, 6) is 1.86. The number of furan rings is 2. The average molecular weight is 668 g/mol. The van der Waals surface area contributed by atoms with Gasteiger partial charge in [-0.2, -0.15) is 0 Å². The molecule has 0 unspecified atom stereocenters. The molecule has 1 aliphatic rings. The number of nitrogens with zero attached hydrogens (tertiary/aromatic N) is 3. The van der Waals surface area contributed by atoms with Crippen molar-refractivity contribution in [3.8, 4) is 45.3 Å². The van der Waals surface area contributed by atoms with Gasteiger partial charge in [0.25, 0.3) is 0 Å². The first-order chi connectivity index (χ1) is 25.7. The van der Waals surface area contributed by atoms with Gasteiger partial charge in [0.1, 0.15) is 22.3 Å². The largest absolute Gasteiger partial charge is 0.456 e. The van der Waals surface area contributed by atoms with Crippen molar-refractivity contribution in [2.75, 3.05) is 0 Å². The highest BCUT2D eigenvalue weighted by atomic mass is 16.3. The number of aromatic nitrogens is 3. The minimum atomic E-state index is 0.598. The van der Waals surface area contributed by atoms with Crippen LogP contribution in [0.1, 0.15) is 17.5 Å². The fourth-order valence-electron chi connectivity index (χ4n) is 7.78. The lowest BCUT2D eigenvalue weighted by Gasteiger charge is -2.13. The molecule has 0 spiro atoms. The highest BCUT2D eigenvalue weighted by Gasteiger charge is 2.22. The lowest BCUT2D eigenvalue weighted by atomic mass is 9.95. The second-order valence-corrected chi connectivity index (χ2v) is 13.5. The van der Waals surface area contributed by atoms with Gasteiger partial charge in [-0.15, -0.1) is 0 Å². The topological polar surface area (TPSA) is 65.0 Å². The maximum atomic E-state index is 6.72. The number of hydrogen-bond donors (Lipinski definition) is 0. The second kappa shape index (κ2) is 11.3. The van der Waals surface area contributed by atoms with Gasteiger partial charge in [-0.05, 0) is 88.8 Å². The van der Waals surface area contributed by atoms with Crippen LogP contribution in [-0.4, -0.2) is 15.0 Å². The molecular formula is C47H29N3O2. The van der Waals surface area contributed by atoms with Crippen molar-refractivity contribution in [2.24, 2.45) is 0 Å². The van der Waals surface area contributed by atoms with Crippen molar-refractivity contribution >= 4 is 60.7 Å². The molecule has 1 aliphatic carbocycles. The fraction of sp³-hybridized carbons (Fsp3) is 0.0426. The van der Waals surface area contributed by atoms with Crippen molar-refractivity contribution in [1.82, 2.24) is 15.0 Å². The quantitative estimate of drug-likeness (QED) is 0.187. The van der Waals surface area contributed by atoms with Crippen LogP contribution in [0, 0.1) is 0 Å². The minimum Gasteiger partial charge on any atom is -0.456 e. The van der Waals surface area contributed by atoms with E-state index in [1.165, 1.54) is 16.5 Å². The summed E-state index contributed by atoms with van der Waals surface area (Å²) in [6.45, 7) is 0. The van der Waals surface area contributed by atoms with E-state index in [0.717, 1.165) is 89.9 Å². The number of rotatable bonds is 4. The Hall–Kier alpha value is -6.85. The Bertz CT molecular complexity index is 3090. The molecule has 0 bridgehead atoms. The number of allylic oxidation sites excluding steroid dienone is 1. The zero-order valence-corrected chi connectivity index (χ0v) is 28.0. The lowest BCUT2D eigenvalue weighted by molar-refractivity contribution is 0.668. The summed E-state index contributed by atoms with van der Waals surface area (Å²) in [5.41, 5.74) is 10.7. The molecule has 0 N–H and O–H groups in total. The monoisotopic (exact) mass is 667 g/mol. The lowest BCUT2D eigenvalue weighted by Crippen LogP contribution is -2.02. The van der Waals surface area contributed by atoms with Crippen LogP contribution in [0.3, 0.4) is 0 Å². The summed E-state index contributed by atoms with van der Waals surface area (Å²) >= 11 is 0. The zero-order chi connectivity index (χ0) is 34.2. The summed E-state index contributed by atoms with van der Waals surface area (Å²) in [4.78, 5) is 15.5. The van der Waals surface area contributed by atoms with Gasteiger partial charge in [0, 0.05) is 43.8 Å². The number of aryl methyl sites for hydroxylation is 1. The minimum absolute atomic E-state index is 0.598. The van der Waals surface area contributed by atoms with Gasteiger partial charge in [0.2, 0.25) is 0 Å². The molecule has 0 fully saturated rings. The number of fused-ring (bicyclic) bond motifs is 8. The molecule has 52 heavy (non-hydrogen) atoms. The molecule has 3 heterocycles. The summed E-state index contributed by atoms with van der Waals surface area (Å²) in [5, 5.41) is 6.46. The first kappa shape index (κ1) is 28.9. The van der Waals surface area contributed by atoms with Crippen LogP contribution in [0.2, 0.25) is 0 Å². The summed E-state index contributed by atoms with van der Waals surface area (Å²) < 4.78 is 12.9. The Morgan fingerprint density at radius 2 is 1.13 bits per heavy atom. The molecule has 5 nitrogen and oxygen atoms in total. The molecule has 0 saturated carbocycles. The van der Waals surface area contributed by atoms with E-state index >= 15 is 0 Å². The van der Waals surface area contributed by atoms with Crippen LogP contribution < -0.4 is 0 Å². The van der Waals surface area contributed by atoms with E-state index in [1.54, 1.807) is 0 Å². The van der Waals surface area contributed by atoms with Crippen LogP contribution in [0.25, 0.3) is 106 Å². The van der Waals surface area contributed by atoms with Gasteiger partial charge in [0.05, 0.1) is 0 Å². The molecule has 0 radical (unpaired) electrons. The normalized spacial score (nSPS) is 12.8. The van der Waals surface area contributed by atoms with Gasteiger partial charge in [-0.1, -0.05) is 103 Å². The predicted molar refractivity (Wildman–Crippen MR) is 211 cm³/mol. The molecule has 0 saturated heterocycles. The fourth-order valence-corrected chi connectivity index (χ4v) is 7.78. The van der Waals surface area contributed by atoms with Gasteiger partial charge in [-0.25, -0.2) is 15.0 Å². The van der Waals surface area contributed by atoms with Gasteiger partial charge >= 0.3 is 0 Å². The first-order valence-electron chi connectivity index (χ1n) is 17.6. The third kappa shape index (κ3) is 4.60. The Morgan fingerprint density at radius 3 is 2.02 bits per heavy atom. The highest BCUT2D eigenvalue weighted by molar-refractivity contribution is 6.16. The molecule has 7 aromatic carbocycles. The van der Waals surface area contributed by atoms with Gasteiger partial charge in [-0.3, -0.25) is 0 Å². The van der Waals surface area contributed by atoms with Crippen molar-refractivity contribution in [2.45, 2.75) is 12.8 Å². The van der Waals surface area contributed by atoms with Crippen LogP contribution in [0.4, 0.5) is 0 Å². The molecule has 3 aromatic heterocycles. The summed E-state index contributed by atoms with van der Waals surface area (Å²) in [6, 6.07) is 48.3. The van der Waals surface area contributed by atoms with Crippen molar-refractivity contribution in [3.63, 3.8) is 0 Å². The number of para-hydroxylation sites is 2. The standard InChI is InChI=1S/C47H29N3O2/c1-3-11-30-25-33(19-17-28(30)9-1)45-48-46(34-20-18-29-10-2-4-12-31(29)26-34)50-47(49-45)38-23-22-35(44-43(38)37-14-6-8-16-41(37)52-44)32-21-24-42-39(27-32)36-13-5-7-15-40(36)51-42/h1,3-9,11-27H,2,10H2. The maximum absolute atomic E-state index is 6.72. The van der Waals surface area contributed by atoms with E-state index < -0.39 is 0 Å². The van der Waals surface area contributed by atoms with Crippen molar-refractivity contribution < 1.29 is 8.83 Å². The molecule has 0 atom stereocenters. The van der Waals surface area contributed by atoms with Crippen LogP contribution in [0.15, 0.2) is 154 Å². The Balaban J connectivity index is 1.15. The van der Waals surface area contributed by atoms with E-state index in [2.05, 4.69) is 121 Å². The van der Waals surface area contributed by atoms with Crippen molar-refractivity contribution in [1.29, 1.82) is 0 Å². The van der Waals surface area contributed by atoms with E-state index in [4.69, 9.17) is 23.8 Å². The van der Waals surface area contributed by atoms with E-state index in [1.807, 2.05) is 30.3 Å². The van der Waals surface area contributed by atoms with Crippen LogP contribution in [0.5, 0.6) is 0 Å². The molecule has 0 aliphatic heterocycles. The molecular weight excluding hydrogens is 639 g/mol. The molecule has 244 valence electrons. The third-order valence-electron chi connectivity index (χ3n) is 10.4. The van der Waals surface area contributed by atoms with Crippen molar-refractivity contribution in [3.05, 3.63) is 157 Å². The van der Waals surface area contributed by atoms with E-state index in [-0.39, 0.29) is 0 Å². The van der Waals surface area contributed by atoms with Gasteiger partial charge < -0.3 is 8.83 Å². The number of benzene rings is 7. The smallest absolute Gasteiger partial charge is 0.164 e. The summed E-state index contributed by atoms with van der Waals surface area (Å²) in [6.07, 6.45) is 6.54. The zero-order valence-electron chi connectivity index (χ0n) is 28.0. The molecule has 0 amide bonds. The van der Waals surface area contributed by atoms with Gasteiger partial charge in [0.15, 0.2) is 17.5 Å². The highest BCUT2D eigenvalue weighted by Crippen LogP contribution is 2.43. The molecule has 11 rings (SSSR count). The predicted octanol–water partition coefficient (Wildman–Crippen LogP) is 12.5. The first-order valence-corrected chi connectivity index (χ1v) is 17.6. The third-order valence-corrected chi connectivity index (χ3v) is 10.4. The molecule has 5 heteroatoms. The Kier molecular flexibility index (Phi) is 6.31. The SMILES string of the molecule is C1=Cc2cc(-c3nc(-c4ccc5ccccc5c4)nc(-c4ccc(-c5ccc6oc7ccccc7c6c5)c5oc6ccccc6c45)n3)ccc2CC1. The maximum Gasteiger partial charge on any atom is 0.164 e. The molecule has 10 aromatic rings. The van der Waals surface area contributed by atoms with E-state index in [9.17, 15) is 0 Å². The number of hydrogen-bond acceptors (Lipinski definition) is 5. The Labute approximate surface area is 298 Å². The van der Waals surface area contributed by atoms with Crippen LogP contribution >= 0.6 is 0 Å². The Morgan fingerprint density at radius 1 is 0.462 bits per heavy atom. The summed E-state index contributed by atoms with van der Waals surface area (Å²) in [7, 11) is 0. The van der Waals surface area contributed by atoms with E-state index in [0.29, 0.717) is 17.5 Å².